The van der Waals surface area contributed by atoms with E-state index >= 15 is 0 Å². The number of H-pyrrole nitrogens is 1. The zero-order valence-electron chi connectivity index (χ0n) is 7.29. The predicted octanol–water partition coefficient (Wildman–Crippen LogP) is 0.416. The Labute approximate surface area is 71.2 Å². The van der Waals surface area contributed by atoms with Crippen LogP contribution in [0, 0.1) is 6.20 Å². The molecule has 0 fully saturated rings. The van der Waals surface area contributed by atoms with Crippen LogP contribution in [0.3, 0.4) is 0 Å². The molecule has 4 nitrogen and oxygen atoms in total. The number of nitrogens with zero attached hydrogens (tertiary/aromatic N) is 2. The van der Waals surface area contributed by atoms with Crippen LogP contribution >= 0.6 is 0 Å². The molecule has 0 bridgehead atoms. The van der Waals surface area contributed by atoms with Gasteiger partial charge in [-0.2, -0.15) is 5.10 Å². The summed E-state index contributed by atoms with van der Waals surface area (Å²) < 4.78 is 0. The first-order chi connectivity index (χ1) is 5.79. The fraction of sp³-hybridized carbons (Fsp3) is 0.500. The first-order valence-corrected chi connectivity index (χ1v) is 4.00. The molecule has 0 aliphatic carbocycles. The van der Waals surface area contributed by atoms with Crippen molar-refractivity contribution in [3.8, 4) is 0 Å². The normalized spacial score (nSPS) is 9.83. The van der Waals surface area contributed by atoms with Crippen LogP contribution in [0.4, 0.5) is 5.69 Å². The van der Waals surface area contributed by atoms with E-state index in [0.29, 0.717) is 5.69 Å². The van der Waals surface area contributed by atoms with Gasteiger partial charge in [0.25, 0.3) is 5.56 Å². The molecule has 1 aromatic rings. The van der Waals surface area contributed by atoms with Gasteiger partial charge in [-0.1, -0.05) is 0 Å². The number of rotatable bonds is 3. The Morgan fingerprint density at radius 1 is 1.58 bits per heavy atom. The van der Waals surface area contributed by atoms with Crippen molar-refractivity contribution in [2.24, 2.45) is 0 Å². The third-order valence-electron chi connectivity index (χ3n) is 1.76. The zero-order valence-corrected chi connectivity index (χ0v) is 7.29. The highest BCUT2D eigenvalue weighted by Gasteiger charge is 2.04. The largest absolute Gasteiger partial charge is 0.368 e. The molecule has 1 radical (unpaired) electrons. The predicted molar refractivity (Wildman–Crippen MR) is 47.3 cm³/mol. The number of nitrogens with one attached hydrogen (secondary N) is 1. The smallest absolute Gasteiger partial charge is 0.287 e. The topological polar surface area (TPSA) is 49.0 Å². The van der Waals surface area contributed by atoms with Crippen molar-refractivity contribution >= 4 is 5.69 Å². The van der Waals surface area contributed by atoms with Crippen LogP contribution in [-0.4, -0.2) is 23.3 Å². The Kier molecular flexibility index (Phi) is 2.85. The van der Waals surface area contributed by atoms with E-state index in [1.54, 1.807) is 6.07 Å². The second-order valence-corrected chi connectivity index (χ2v) is 2.38. The minimum atomic E-state index is -0.155. The van der Waals surface area contributed by atoms with Crippen LogP contribution in [0.25, 0.3) is 0 Å². The molecular formula is C8H12N3O. The molecule has 0 saturated heterocycles. The summed E-state index contributed by atoms with van der Waals surface area (Å²) in [6, 6.07) is 1.60. The summed E-state index contributed by atoms with van der Waals surface area (Å²) in [5, 5.41) is 5.85. The van der Waals surface area contributed by atoms with E-state index in [0.717, 1.165) is 13.1 Å². The first kappa shape index (κ1) is 8.77. The van der Waals surface area contributed by atoms with Crippen molar-refractivity contribution in [3.63, 3.8) is 0 Å². The van der Waals surface area contributed by atoms with Gasteiger partial charge in [0.15, 0.2) is 0 Å². The Bertz CT molecular complexity index is 290. The molecule has 0 aliphatic heterocycles. The lowest BCUT2D eigenvalue weighted by Crippen LogP contribution is -2.28. The van der Waals surface area contributed by atoms with Gasteiger partial charge in [0.1, 0.15) is 11.9 Å². The molecule has 1 heterocycles. The van der Waals surface area contributed by atoms with E-state index in [9.17, 15) is 4.79 Å². The van der Waals surface area contributed by atoms with Gasteiger partial charge in [0, 0.05) is 13.1 Å². The lowest BCUT2D eigenvalue weighted by Gasteiger charge is -2.18. The van der Waals surface area contributed by atoms with Crippen LogP contribution in [0.2, 0.25) is 0 Å². The lowest BCUT2D eigenvalue weighted by atomic mass is 10.4. The van der Waals surface area contributed by atoms with Gasteiger partial charge in [-0.25, -0.2) is 5.10 Å². The molecule has 1 aromatic heterocycles. The van der Waals surface area contributed by atoms with Gasteiger partial charge in [-0.3, -0.25) is 4.79 Å². The maximum Gasteiger partial charge on any atom is 0.287 e. The Balaban J connectivity index is 3.00. The third-order valence-corrected chi connectivity index (χ3v) is 1.76. The Morgan fingerprint density at radius 2 is 2.25 bits per heavy atom. The molecule has 0 amide bonds. The van der Waals surface area contributed by atoms with E-state index in [1.165, 1.54) is 0 Å². The number of hydrogen-bond donors (Lipinski definition) is 1. The zero-order chi connectivity index (χ0) is 8.97. The molecule has 0 atom stereocenters. The van der Waals surface area contributed by atoms with Crippen molar-refractivity contribution in [2.45, 2.75) is 13.8 Å². The van der Waals surface area contributed by atoms with E-state index in [2.05, 4.69) is 16.4 Å². The summed E-state index contributed by atoms with van der Waals surface area (Å²) in [5.41, 5.74) is 0.479. The molecule has 1 rings (SSSR count). The van der Waals surface area contributed by atoms with Gasteiger partial charge in [0.2, 0.25) is 0 Å². The fourth-order valence-corrected chi connectivity index (χ4v) is 1.10. The first-order valence-electron chi connectivity index (χ1n) is 4.00. The summed E-state index contributed by atoms with van der Waals surface area (Å²) in [4.78, 5) is 13.2. The maximum atomic E-state index is 11.2. The van der Waals surface area contributed by atoms with Crippen LogP contribution in [0.1, 0.15) is 13.8 Å². The second-order valence-electron chi connectivity index (χ2n) is 2.38. The molecule has 0 unspecified atom stereocenters. The number of aromatic amines is 1. The van der Waals surface area contributed by atoms with E-state index in [-0.39, 0.29) is 5.56 Å². The Hall–Kier alpha value is -1.32. The van der Waals surface area contributed by atoms with Gasteiger partial charge in [-0.05, 0) is 19.9 Å². The van der Waals surface area contributed by atoms with E-state index in [4.69, 9.17) is 0 Å². The van der Waals surface area contributed by atoms with Crippen LogP contribution in [0.15, 0.2) is 10.9 Å². The summed E-state index contributed by atoms with van der Waals surface area (Å²) in [6.07, 6.45) is 2.60. The standard InChI is InChI=1S/C8H12N3O/c1-3-11(4-2)7-5-6-9-10-8(7)12/h5H,3-4H2,1-2H3,(H,10,12). The van der Waals surface area contributed by atoms with Gasteiger partial charge < -0.3 is 4.90 Å². The molecule has 0 spiro atoms. The maximum absolute atomic E-state index is 11.2. The van der Waals surface area contributed by atoms with Gasteiger partial charge in [0.05, 0.1) is 0 Å². The molecule has 12 heavy (non-hydrogen) atoms. The quantitative estimate of drug-likeness (QED) is 0.707. The molecule has 1 N–H and O–H groups in total. The average Bonchev–Trinajstić information content (AvgIpc) is 2.10. The lowest BCUT2D eigenvalue weighted by molar-refractivity contribution is 0.841. The Morgan fingerprint density at radius 3 is 2.75 bits per heavy atom. The molecule has 0 saturated carbocycles. The highest BCUT2D eigenvalue weighted by atomic mass is 16.1. The highest BCUT2D eigenvalue weighted by Crippen LogP contribution is 2.03. The van der Waals surface area contributed by atoms with Crippen molar-refractivity contribution in [1.29, 1.82) is 0 Å². The summed E-state index contributed by atoms with van der Waals surface area (Å²) in [6.45, 7) is 5.64. The minimum Gasteiger partial charge on any atom is -0.368 e. The summed E-state index contributed by atoms with van der Waals surface area (Å²) in [5.74, 6) is 0. The second kappa shape index (κ2) is 3.90. The van der Waals surface area contributed by atoms with Crippen LogP contribution in [-0.2, 0) is 0 Å². The molecule has 4 heteroatoms. The van der Waals surface area contributed by atoms with Gasteiger partial charge in [-0.15, -0.1) is 0 Å². The summed E-state index contributed by atoms with van der Waals surface area (Å²) in [7, 11) is 0. The SMILES string of the molecule is CCN(CC)c1c[c]n[nH]c1=O. The monoisotopic (exact) mass is 166 g/mol. The van der Waals surface area contributed by atoms with Crippen molar-refractivity contribution in [1.82, 2.24) is 10.2 Å². The number of anilines is 1. The molecule has 0 aromatic carbocycles. The van der Waals surface area contributed by atoms with Gasteiger partial charge >= 0.3 is 0 Å². The minimum absolute atomic E-state index is 0.155. The van der Waals surface area contributed by atoms with Crippen molar-refractivity contribution < 1.29 is 0 Å². The van der Waals surface area contributed by atoms with Crippen LogP contribution < -0.4 is 10.5 Å². The van der Waals surface area contributed by atoms with Crippen molar-refractivity contribution in [3.05, 3.63) is 22.6 Å². The number of hydrogen-bond acceptors (Lipinski definition) is 3. The van der Waals surface area contributed by atoms with E-state index < -0.39 is 0 Å². The third kappa shape index (κ3) is 1.64. The molecule has 65 valence electrons. The van der Waals surface area contributed by atoms with Crippen molar-refractivity contribution in [2.75, 3.05) is 18.0 Å². The molecule has 0 aliphatic rings. The average molecular weight is 166 g/mol. The van der Waals surface area contributed by atoms with Crippen LogP contribution in [0.5, 0.6) is 0 Å². The van der Waals surface area contributed by atoms with E-state index in [1.807, 2.05) is 18.7 Å². The number of aromatic nitrogens is 2. The molecular weight excluding hydrogens is 154 g/mol. The summed E-state index contributed by atoms with van der Waals surface area (Å²) >= 11 is 0. The fourth-order valence-electron chi connectivity index (χ4n) is 1.10. The highest BCUT2D eigenvalue weighted by molar-refractivity contribution is 5.41.